The van der Waals surface area contributed by atoms with Gasteiger partial charge in [0.2, 0.25) is 0 Å². The Morgan fingerprint density at radius 3 is 2.27 bits per heavy atom. The molecule has 1 aliphatic rings. The number of rotatable bonds is 7. The number of anilines is 1. The number of carbonyl (C=O) groups is 1. The van der Waals surface area contributed by atoms with E-state index < -0.39 is 6.10 Å². The van der Waals surface area contributed by atoms with Gasteiger partial charge in [-0.3, -0.25) is 4.79 Å². The Kier molecular flexibility index (Phi) is 7.41. The van der Waals surface area contributed by atoms with Gasteiger partial charge in [-0.25, -0.2) is 0 Å². The van der Waals surface area contributed by atoms with E-state index in [1.54, 1.807) is 0 Å². The van der Waals surface area contributed by atoms with E-state index in [1.165, 1.54) is 24.9 Å². The third-order valence-corrected chi connectivity index (χ3v) is 5.94. The number of benzene rings is 2. The Balaban J connectivity index is 1.60. The van der Waals surface area contributed by atoms with Crippen LogP contribution in [0.4, 0.5) is 5.69 Å². The largest absolute Gasteiger partial charge is 0.481 e. The summed E-state index contributed by atoms with van der Waals surface area (Å²) in [6, 6.07) is 14.7. The molecular weight excluding hydrogens is 372 g/mol. The number of carbonyl (C=O) groups excluding carboxylic acids is 1. The molecular formula is C26H36N2O2. The number of hydrogen-bond donors (Lipinski definition) is 1. The summed E-state index contributed by atoms with van der Waals surface area (Å²) in [6.45, 7) is 12.4. The third kappa shape index (κ3) is 5.56. The molecule has 2 aromatic carbocycles. The fraction of sp³-hybridized carbons (Fsp3) is 0.500. The van der Waals surface area contributed by atoms with E-state index in [9.17, 15) is 4.79 Å². The van der Waals surface area contributed by atoms with E-state index >= 15 is 0 Å². The molecule has 0 aliphatic carbocycles. The Labute approximate surface area is 181 Å². The first kappa shape index (κ1) is 22.2. The molecule has 1 amide bonds. The smallest absolute Gasteiger partial charge is 0.261 e. The Morgan fingerprint density at radius 2 is 1.63 bits per heavy atom. The topological polar surface area (TPSA) is 41.6 Å². The standard InChI is InChI=1S/C26H36N2O2/c1-18(2)24-14-9-19(3)17-25(24)30-21(5)26(29)27-20(4)22-10-12-23(13-11-22)28-15-7-6-8-16-28/h9-14,17-18,20-21H,6-8,15-16H2,1-5H3,(H,27,29)/t20-,21+/m0/s1. The monoisotopic (exact) mass is 408 g/mol. The molecule has 0 radical (unpaired) electrons. The minimum absolute atomic E-state index is 0.0685. The quantitative estimate of drug-likeness (QED) is 0.634. The third-order valence-electron chi connectivity index (χ3n) is 5.94. The van der Waals surface area contributed by atoms with Crippen molar-refractivity contribution in [2.75, 3.05) is 18.0 Å². The predicted octanol–water partition coefficient (Wildman–Crippen LogP) is 5.75. The van der Waals surface area contributed by atoms with Crippen LogP contribution in [0.5, 0.6) is 5.75 Å². The molecule has 4 heteroatoms. The summed E-state index contributed by atoms with van der Waals surface area (Å²) in [5, 5.41) is 3.10. The summed E-state index contributed by atoms with van der Waals surface area (Å²) in [4.78, 5) is 15.2. The molecule has 1 aliphatic heterocycles. The molecule has 4 nitrogen and oxygen atoms in total. The van der Waals surface area contributed by atoms with Gasteiger partial charge >= 0.3 is 0 Å². The lowest BCUT2D eigenvalue weighted by Crippen LogP contribution is -2.38. The first-order valence-corrected chi connectivity index (χ1v) is 11.3. The summed E-state index contributed by atoms with van der Waals surface area (Å²) in [5.41, 5.74) is 4.63. The number of aryl methyl sites for hydroxylation is 1. The first-order valence-electron chi connectivity index (χ1n) is 11.3. The van der Waals surface area contributed by atoms with Gasteiger partial charge in [0.05, 0.1) is 6.04 Å². The van der Waals surface area contributed by atoms with Crippen LogP contribution >= 0.6 is 0 Å². The van der Waals surface area contributed by atoms with Crippen molar-refractivity contribution in [2.24, 2.45) is 0 Å². The zero-order valence-corrected chi connectivity index (χ0v) is 19.1. The van der Waals surface area contributed by atoms with Crippen molar-refractivity contribution in [3.63, 3.8) is 0 Å². The van der Waals surface area contributed by atoms with E-state index in [2.05, 4.69) is 60.5 Å². The molecule has 162 valence electrons. The highest BCUT2D eigenvalue weighted by atomic mass is 16.5. The second-order valence-corrected chi connectivity index (χ2v) is 8.83. The van der Waals surface area contributed by atoms with Crippen LogP contribution < -0.4 is 15.0 Å². The number of ether oxygens (including phenoxy) is 1. The van der Waals surface area contributed by atoms with Crippen LogP contribution in [0.25, 0.3) is 0 Å². The second-order valence-electron chi connectivity index (χ2n) is 8.83. The van der Waals surface area contributed by atoms with Crippen molar-refractivity contribution in [1.82, 2.24) is 5.32 Å². The van der Waals surface area contributed by atoms with Gasteiger partial charge in [-0.2, -0.15) is 0 Å². The Hall–Kier alpha value is -2.49. The van der Waals surface area contributed by atoms with E-state index in [0.717, 1.165) is 35.5 Å². The van der Waals surface area contributed by atoms with Crippen molar-refractivity contribution in [2.45, 2.75) is 71.9 Å². The van der Waals surface area contributed by atoms with Gasteiger partial charge in [0.1, 0.15) is 5.75 Å². The molecule has 0 aromatic heterocycles. The van der Waals surface area contributed by atoms with Crippen LogP contribution in [0.2, 0.25) is 0 Å². The van der Waals surface area contributed by atoms with Crippen LogP contribution in [0.1, 0.15) is 75.6 Å². The van der Waals surface area contributed by atoms with E-state index in [0.29, 0.717) is 5.92 Å². The maximum atomic E-state index is 12.8. The van der Waals surface area contributed by atoms with Gasteiger partial charge in [0.15, 0.2) is 6.10 Å². The van der Waals surface area contributed by atoms with Crippen LogP contribution in [0.15, 0.2) is 42.5 Å². The molecule has 0 saturated carbocycles. The maximum Gasteiger partial charge on any atom is 0.261 e. The zero-order valence-electron chi connectivity index (χ0n) is 19.1. The number of nitrogens with zero attached hydrogens (tertiary/aromatic N) is 1. The maximum absolute atomic E-state index is 12.8. The average Bonchev–Trinajstić information content (AvgIpc) is 2.74. The molecule has 0 unspecified atom stereocenters. The van der Waals surface area contributed by atoms with Crippen molar-refractivity contribution in [1.29, 1.82) is 0 Å². The van der Waals surface area contributed by atoms with Gasteiger partial charge in [-0.05, 0) is 80.8 Å². The first-order chi connectivity index (χ1) is 14.3. The minimum atomic E-state index is -0.556. The SMILES string of the molecule is Cc1ccc(C(C)C)c(O[C@H](C)C(=O)N[C@@H](C)c2ccc(N3CCCCC3)cc2)c1. The summed E-state index contributed by atoms with van der Waals surface area (Å²) in [6.07, 6.45) is 3.32. The summed E-state index contributed by atoms with van der Waals surface area (Å²) in [7, 11) is 0. The van der Waals surface area contributed by atoms with Gasteiger partial charge in [0, 0.05) is 18.8 Å². The average molecular weight is 409 g/mol. The molecule has 0 bridgehead atoms. The molecule has 30 heavy (non-hydrogen) atoms. The van der Waals surface area contributed by atoms with E-state index in [1.807, 2.05) is 26.8 Å². The predicted molar refractivity (Wildman–Crippen MR) is 124 cm³/mol. The Bertz CT molecular complexity index is 839. The van der Waals surface area contributed by atoms with Gasteiger partial charge in [-0.1, -0.05) is 38.1 Å². The number of nitrogens with one attached hydrogen (secondary N) is 1. The minimum Gasteiger partial charge on any atom is -0.481 e. The molecule has 2 aromatic rings. The zero-order chi connectivity index (χ0) is 21.7. The molecule has 2 atom stereocenters. The van der Waals surface area contributed by atoms with Crippen LogP contribution in [-0.2, 0) is 4.79 Å². The van der Waals surface area contributed by atoms with Crippen molar-refractivity contribution < 1.29 is 9.53 Å². The lowest BCUT2D eigenvalue weighted by atomic mass is 10.0. The number of hydrogen-bond acceptors (Lipinski definition) is 3. The second kappa shape index (κ2) is 10.0. The lowest BCUT2D eigenvalue weighted by molar-refractivity contribution is -0.127. The van der Waals surface area contributed by atoms with Crippen LogP contribution in [0.3, 0.4) is 0 Å². The van der Waals surface area contributed by atoms with Gasteiger partial charge in [-0.15, -0.1) is 0 Å². The molecule has 1 saturated heterocycles. The highest BCUT2D eigenvalue weighted by Crippen LogP contribution is 2.28. The lowest BCUT2D eigenvalue weighted by Gasteiger charge is -2.29. The fourth-order valence-corrected chi connectivity index (χ4v) is 4.00. The molecule has 1 heterocycles. The molecule has 1 fully saturated rings. The summed E-state index contributed by atoms with van der Waals surface area (Å²) < 4.78 is 6.07. The van der Waals surface area contributed by atoms with Crippen LogP contribution in [0, 0.1) is 6.92 Å². The van der Waals surface area contributed by atoms with E-state index in [4.69, 9.17) is 4.74 Å². The van der Waals surface area contributed by atoms with Crippen LogP contribution in [-0.4, -0.2) is 25.1 Å². The van der Waals surface area contributed by atoms with E-state index in [-0.39, 0.29) is 11.9 Å². The summed E-state index contributed by atoms with van der Waals surface area (Å²) in [5.74, 6) is 1.04. The molecule has 0 spiro atoms. The van der Waals surface area contributed by atoms with Gasteiger partial charge < -0.3 is 15.0 Å². The van der Waals surface area contributed by atoms with Crippen molar-refractivity contribution >= 4 is 11.6 Å². The number of piperidine rings is 1. The van der Waals surface area contributed by atoms with Crippen molar-refractivity contribution in [3.05, 3.63) is 59.2 Å². The fourth-order valence-electron chi connectivity index (χ4n) is 4.00. The summed E-state index contributed by atoms with van der Waals surface area (Å²) >= 11 is 0. The highest BCUT2D eigenvalue weighted by Gasteiger charge is 2.20. The highest BCUT2D eigenvalue weighted by molar-refractivity contribution is 5.81. The normalized spacial score (nSPS) is 16.3. The number of amides is 1. The van der Waals surface area contributed by atoms with Crippen molar-refractivity contribution in [3.8, 4) is 5.75 Å². The van der Waals surface area contributed by atoms with Gasteiger partial charge in [0.25, 0.3) is 5.91 Å². The Morgan fingerprint density at radius 1 is 0.967 bits per heavy atom. The molecule has 3 rings (SSSR count). The molecule has 1 N–H and O–H groups in total.